The van der Waals surface area contributed by atoms with Crippen molar-refractivity contribution in [2.45, 2.75) is 50.4 Å². The Morgan fingerprint density at radius 1 is 1.45 bits per heavy atom. The molecule has 1 nitrogen and oxygen atoms in total. The van der Waals surface area contributed by atoms with Gasteiger partial charge in [-0.3, -0.25) is 0 Å². The van der Waals surface area contributed by atoms with E-state index in [4.69, 9.17) is 0 Å². The fourth-order valence-electron chi connectivity index (χ4n) is 1.48. The first-order chi connectivity index (χ1) is 5.34. The molecule has 0 saturated heterocycles. The summed E-state index contributed by atoms with van der Waals surface area (Å²) in [6.45, 7) is 2.21. The molecule has 0 amide bonds. The summed E-state index contributed by atoms with van der Waals surface area (Å²) in [5.74, 6) is 1.23. The number of aliphatic hydroxyl groups excluding tert-OH is 1. The molecule has 0 aromatic heterocycles. The smallest absolute Gasteiger partial charge is 0.0658 e. The van der Waals surface area contributed by atoms with Gasteiger partial charge in [0.25, 0.3) is 0 Å². The van der Waals surface area contributed by atoms with Crippen molar-refractivity contribution >= 4 is 11.8 Å². The summed E-state index contributed by atoms with van der Waals surface area (Å²) in [6, 6.07) is 0. The third-order valence-electron chi connectivity index (χ3n) is 2.25. The second-order valence-corrected chi connectivity index (χ2v) is 4.61. The van der Waals surface area contributed by atoms with Gasteiger partial charge in [0, 0.05) is 5.25 Å². The number of rotatable bonds is 4. The van der Waals surface area contributed by atoms with Crippen molar-refractivity contribution in [3.63, 3.8) is 0 Å². The highest BCUT2D eigenvalue weighted by molar-refractivity contribution is 7.99. The van der Waals surface area contributed by atoms with Crippen LogP contribution in [0, 0.1) is 0 Å². The van der Waals surface area contributed by atoms with Crippen LogP contribution in [0.3, 0.4) is 0 Å². The molecule has 11 heavy (non-hydrogen) atoms. The Bertz CT molecular complexity index is 106. The number of hydrogen-bond donors (Lipinski definition) is 1. The normalized spacial score (nSPS) is 31.1. The number of aliphatic hydroxyl groups is 1. The zero-order valence-electron chi connectivity index (χ0n) is 7.25. The third kappa shape index (κ3) is 3.04. The lowest BCUT2D eigenvalue weighted by molar-refractivity contribution is 0.188. The van der Waals surface area contributed by atoms with Gasteiger partial charge in [-0.15, -0.1) is 0 Å². The highest BCUT2D eigenvalue weighted by atomic mass is 32.2. The SMILES string of the molecule is CCCCS[C@@H]1CCC[C@H]1O. The standard InChI is InChI=1S/C9H18OS/c1-2-3-7-11-9-6-4-5-8(9)10/h8-10H,2-7H2,1H3/t8-,9-/m1/s1. The van der Waals surface area contributed by atoms with Crippen LogP contribution in [0.1, 0.15) is 39.0 Å². The van der Waals surface area contributed by atoms with Crippen LogP contribution in [0.4, 0.5) is 0 Å². The summed E-state index contributed by atoms with van der Waals surface area (Å²) in [4.78, 5) is 0. The van der Waals surface area contributed by atoms with Crippen LogP contribution in [-0.4, -0.2) is 22.2 Å². The van der Waals surface area contributed by atoms with Gasteiger partial charge in [0.05, 0.1) is 6.10 Å². The summed E-state index contributed by atoms with van der Waals surface area (Å²) in [5, 5.41) is 10.0. The fourth-order valence-corrected chi connectivity index (χ4v) is 2.93. The molecule has 0 unspecified atom stereocenters. The molecule has 2 atom stereocenters. The number of thioether (sulfide) groups is 1. The Kier molecular flexibility index (Phi) is 4.31. The lowest BCUT2D eigenvalue weighted by atomic mass is 10.3. The van der Waals surface area contributed by atoms with E-state index in [0.29, 0.717) is 5.25 Å². The van der Waals surface area contributed by atoms with Gasteiger partial charge in [0.1, 0.15) is 0 Å². The molecule has 66 valence electrons. The molecule has 0 aromatic rings. The van der Waals surface area contributed by atoms with Crippen molar-refractivity contribution in [1.82, 2.24) is 0 Å². The first-order valence-electron chi connectivity index (χ1n) is 4.64. The van der Waals surface area contributed by atoms with E-state index in [1.54, 1.807) is 0 Å². The van der Waals surface area contributed by atoms with E-state index in [1.807, 2.05) is 11.8 Å². The Morgan fingerprint density at radius 3 is 2.82 bits per heavy atom. The number of unbranched alkanes of at least 4 members (excludes halogenated alkanes) is 1. The van der Waals surface area contributed by atoms with Gasteiger partial charge in [0.15, 0.2) is 0 Å². The lowest BCUT2D eigenvalue weighted by Gasteiger charge is -2.12. The van der Waals surface area contributed by atoms with Crippen molar-refractivity contribution < 1.29 is 5.11 Å². The Labute approximate surface area is 73.6 Å². The first-order valence-corrected chi connectivity index (χ1v) is 5.69. The molecular formula is C9H18OS. The van der Waals surface area contributed by atoms with Gasteiger partial charge in [0.2, 0.25) is 0 Å². The van der Waals surface area contributed by atoms with E-state index in [2.05, 4.69) is 6.92 Å². The summed E-state index contributed by atoms with van der Waals surface area (Å²) in [7, 11) is 0. The van der Waals surface area contributed by atoms with E-state index in [-0.39, 0.29) is 6.10 Å². The molecule has 1 aliphatic rings. The largest absolute Gasteiger partial charge is 0.392 e. The molecule has 1 N–H and O–H groups in total. The highest BCUT2D eigenvalue weighted by Gasteiger charge is 2.24. The third-order valence-corrected chi connectivity index (χ3v) is 3.75. The molecule has 1 fully saturated rings. The topological polar surface area (TPSA) is 20.2 Å². The van der Waals surface area contributed by atoms with Crippen molar-refractivity contribution in [3.8, 4) is 0 Å². The predicted molar refractivity (Wildman–Crippen MR) is 51.0 cm³/mol. The summed E-state index contributed by atoms with van der Waals surface area (Å²) in [6.07, 6.45) is 6.06. The summed E-state index contributed by atoms with van der Waals surface area (Å²) >= 11 is 1.97. The van der Waals surface area contributed by atoms with Gasteiger partial charge in [-0.05, 0) is 31.4 Å². The van der Waals surface area contributed by atoms with E-state index < -0.39 is 0 Å². The van der Waals surface area contributed by atoms with Crippen molar-refractivity contribution in [3.05, 3.63) is 0 Å². The Morgan fingerprint density at radius 2 is 2.27 bits per heavy atom. The number of hydrogen-bond acceptors (Lipinski definition) is 2. The van der Waals surface area contributed by atoms with Gasteiger partial charge in [-0.25, -0.2) is 0 Å². The van der Waals surface area contributed by atoms with E-state index >= 15 is 0 Å². The summed E-state index contributed by atoms with van der Waals surface area (Å²) < 4.78 is 0. The Hall–Kier alpha value is 0.310. The van der Waals surface area contributed by atoms with E-state index in [1.165, 1.54) is 31.4 Å². The van der Waals surface area contributed by atoms with Gasteiger partial charge >= 0.3 is 0 Å². The van der Waals surface area contributed by atoms with Crippen molar-refractivity contribution in [2.24, 2.45) is 0 Å². The van der Waals surface area contributed by atoms with Crippen LogP contribution in [-0.2, 0) is 0 Å². The molecule has 1 aliphatic carbocycles. The quantitative estimate of drug-likeness (QED) is 0.661. The molecule has 0 aliphatic heterocycles. The van der Waals surface area contributed by atoms with Gasteiger partial charge in [-0.2, -0.15) is 11.8 Å². The monoisotopic (exact) mass is 174 g/mol. The van der Waals surface area contributed by atoms with Crippen LogP contribution in [0.2, 0.25) is 0 Å². The van der Waals surface area contributed by atoms with Crippen molar-refractivity contribution in [1.29, 1.82) is 0 Å². The molecule has 0 aromatic carbocycles. The predicted octanol–water partition coefficient (Wildman–Crippen LogP) is 2.43. The minimum absolute atomic E-state index is 0.00291. The van der Waals surface area contributed by atoms with Crippen LogP contribution >= 0.6 is 11.8 Å². The molecule has 0 spiro atoms. The van der Waals surface area contributed by atoms with Crippen LogP contribution < -0.4 is 0 Å². The molecule has 2 heteroatoms. The summed E-state index contributed by atoms with van der Waals surface area (Å²) in [5.41, 5.74) is 0. The maximum Gasteiger partial charge on any atom is 0.0658 e. The average Bonchev–Trinajstić information content (AvgIpc) is 2.37. The first kappa shape index (κ1) is 9.40. The zero-order valence-corrected chi connectivity index (χ0v) is 8.07. The lowest BCUT2D eigenvalue weighted by Crippen LogP contribution is -2.15. The van der Waals surface area contributed by atoms with Crippen LogP contribution in [0.5, 0.6) is 0 Å². The average molecular weight is 174 g/mol. The highest BCUT2D eigenvalue weighted by Crippen LogP contribution is 2.30. The fraction of sp³-hybridized carbons (Fsp3) is 1.00. The Balaban J connectivity index is 2.05. The molecule has 0 bridgehead atoms. The molecular weight excluding hydrogens is 156 g/mol. The molecule has 0 radical (unpaired) electrons. The van der Waals surface area contributed by atoms with E-state index in [9.17, 15) is 5.11 Å². The minimum atomic E-state index is -0.00291. The van der Waals surface area contributed by atoms with Crippen LogP contribution in [0.25, 0.3) is 0 Å². The zero-order chi connectivity index (χ0) is 8.10. The molecule has 0 heterocycles. The maximum absolute atomic E-state index is 9.47. The van der Waals surface area contributed by atoms with E-state index in [0.717, 1.165) is 6.42 Å². The minimum Gasteiger partial charge on any atom is -0.392 e. The molecule has 1 rings (SSSR count). The van der Waals surface area contributed by atoms with Crippen LogP contribution in [0.15, 0.2) is 0 Å². The second-order valence-electron chi connectivity index (χ2n) is 3.26. The molecule has 1 saturated carbocycles. The van der Waals surface area contributed by atoms with Gasteiger partial charge < -0.3 is 5.11 Å². The van der Waals surface area contributed by atoms with Crippen molar-refractivity contribution in [2.75, 3.05) is 5.75 Å². The second kappa shape index (κ2) is 5.04. The van der Waals surface area contributed by atoms with Gasteiger partial charge in [-0.1, -0.05) is 13.3 Å². The maximum atomic E-state index is 9.47.